The number of carbonyl (C=O) groups excluding carboxylic acids is 1. The van der Waals surface area contributed by atoms with E-state index in [1.165, 1.54) is 0 Å². The molecule has 2 aromatic carbocycles. The predicted octanol–water partition coefficient (Wildman–Crippen LogP) is 3.20. The Labute approximate surface area is 157 Å². The van der Waals surface area contributed by atoms with E-state index in [1.54, 1.807) is 24.3 Å². The molecule has 0 aliphatic heterocycles. The highest BCUT2D eigenvalue weighted by molar-refractivity contribution is 6.31. The molecule has 0 aliphatic carbocycles. The van der Waals surface area contributed by atoms with Crippen molar-refractivity contribution in [1.82, 2.24) is 5.32 Å². The van der Waals surface area contributed by atoms with E-state index in [9.17, 15) is 33.0 Å². The molecular weight excluding hydrogens is 387 g/mol. The number of nitrogens with one attached hydrogen (secondary N) is 1. The number of aliphatic hydroxyl groups is 1. The van der Waals surface area contributed by atoms with E-state index in [0.717, 1.165) is 24.3 Å². The Morgan fingerprint density at radius 3 is 2.19 bits per heavy atom. The van der Waals surface area contributed by atoms with Gasteiger partial charge in [-0.1, -0.05) is 41.9 Å². The number of halogens is 4. The monoisotopic (exact) mass is 401 g/mol. The van der Waals surface area contributed by atoms with Crippen LogP contribution in [0.3, 0.4) is 0 Å². The number of hydrogen-bond acceptors (Lipinski definition) is 3. The maximum Gasteiger partial charge on any atom is 0.416 e. The lowest BCUT2D eigenvalue weighted by molar-refractivity contribution is -0.143. The lowest BCUT2D eigenvalue weighted by Gasteiger charge is -2.18. The lowest BCUT2D eigenvalue weighted by atomic mass is 10.0. The van der Waals surface area contributed by atoms with Gasteiger partial charge in [0.1, 0.15) is 6.04 Å². The summed E-state index contributed by atoms with van der Waals surface area (Å²) < 4.78 is 37.7. The molecule has 0 bridgehead atoms. The van der Waals surface area contributed by atoms with Crippen molar-refractivity contribution in [3.63, 3.8) is 0 Å². The molecule has 0 unspecified atom stereocenters. The van der Waals surface area contributed by atoms with Gasteiger partial charge in [-0.2, -0.15) is 13.2 Å². The number of aliphatic carboxylic acids is 1. The second-order valence-corrected chi connectivity index (χ2v) is 6.12. The van der Waals surface area contributed by atoms with Crippen molar-refractivity contribution in [3.05, 3.63) is 70.2 Å². The zero-order chi connectivity index (χ0) is 20.2. The largest absolute Gasteiger partial charge is 0.480 e. The molecular formula is C18H15ClF3NO4. The average molecular weight is 402 g/mol. The van der Waals surface area contributed by atoms with Gasteiger partial charge in [0, 0.05) is 11.4 Å². The first-order chi connectivity index (χ1) is 12.6. The van der Waals surface area contributed by atoms with Crippen molar-refractivity contribution in [3.8, 4) is 0 Å². The van der Waals surface area contributed by atoms with Gasteiger partial charge >= 0.3 is 12.1 Å². The van der Waals surface area contributed by atoms with Gasteiger partial charge in [-0.15, -0.1) is 0 Å². The Morgan fingerprint density at radius 2 is 1.67 bits per heavy atom. The average Bonchev–Trinajstić information content (AvgIpc) is 2.61. The number of benzene rings is 2. The second kappa shape index (κ2) is 8.41. The van der Waals surface area contributed by atoms with Gasteiger partial charge < -0.3 is 15.5 Å². The van der Waals surface area contributed by atoms with E-state index in [2.05, 4.69) is 5.32 Å². The molecule has 0 fully saturated rings. The minimum atomic E-state index is -4.55. The SMILES string of the molecule is O=C(O)[C@H](Cc1ccccc1Cl)NC(=O)[C@@H](O)c1ccc(C(F)(F)F)cc1. The second-order valence-electron chi connectivity index (χ2n) is 5.72. The number of rotatable bonds is 6. The van der Waals surface area contributed by atoms with Crippen LogP contribution in [0.1, 0.15) is 22.8 Å². The summed E-state index contributed by atoms with van der Waals surface area (Å²) in [4.78, 5) is 23.5. The summed E-state index contributed by atoms with van der Waals surface area (Å²) in [7, 11) is 0. The third kappa shape index (κ3) is 5.45. The highest BCUT2D eigenvalue weighted by Gasteiger charge is 2.31. The van der Waals surface area contributed by atoms with Gasteiger partial charge in [0.15, 0.2) is 6.10 Å². The first-order valence-corrected chi connectivity index (χ1v) is 8.09. The third-order valence-corrected chi connectivity index (χ3v) is 4.17. The summed E-state index contributed by atoms with van der Waals surface area (Å²) in [5, 5.41) is 21.8. The molecule has 1 amide bonds. The number of carboxylic acids is 1. The summed E-state index contributed by atoms with van der Waals surface area (Å²) in [6.07, 6.45) is -6.49. The number of hydrogen-bond donors (Lipinski definition) is 3. The molecule has 0 aromatic heterocycles. The van der Waals surface area contributed by atoms with Crippen LogP contribution in [-0.2, 0) is 22.2 Å². The molecule has 0 heterocycles. The van der Waals surface area contributed by atoms with Gasteiger partial charge in [-0.3, -0.25) is 4.79 Å². The minimum absolute atomic E-state index is 0.0950. The maximum atomic E-state index is 12.6. The topological polar surface area (TPSA) is 86.6 Å². The smallest absolute Gasteiger partial charge is 0.416 e. The van der Waals surface area contributed by atoms with Gasteiger partial charge in [0.05, 0.1) is 5.56 Å². The normalized spacial score (nSPS) is 13.7. The van der Waals surface area contributed by atoms with Gasteiger partial charge in [0.2, 0.25) is 0 Å². The zero-order valence-electron chi connectivity index (χ0n) is 13.7. The predicted molar refractivity (Wildman–Crippen MR) is 91.1 cm³/mol. The third-order valence-electron chi connectivity index (χ3n) is 3.80. The molecule has 3 N–H and O–H groups in total. The first-order valence-electron chi connectivity index (χ1n) is 7.71. The number of alkyl halides is 3. The van der Waals surface area contributed by atoms with Crippen LogP contribution < -0.4 is 5.32 Å². The van der Waals surface area contributed by atoms with Crippen LogP contribution in [0.5, 0.6) is 0 Å². The molecule has 2 atom stereocenters. The van der Waals surface area contributed by atoms with E-state index in [0.29, 0.717) is 10.6 Å². The minimum Gasteiger partial charge on any atom is -0.480 e. The quantitative estimate of drug-likeness (QED) is 0.693. The van der Waals surface area contributed by atoms with E-state index < -0.39 is 35.8 Å². The van der Waals surface area contributed by atoms with Crippen LogP contribution in [0.2, 0.25) is 5.02 Å². The Bertz CT molecular complexity index is 824. The summed E-state index contributed by atoms with van der Waals surface area (Å²) in [5.41, 5.74) is -0.542. The highest BCUT2D eigenvalue weighted by atomic mass is 35.5. The summed E-state index contributed by atoms with van der Waals surface area (Å²) in [6.45, 7) is 0. The van der Waals surface area contributed by atoms with Crippen LogP contribution >= 0.6 is 11.6 Å². The summed E-state index contributed by atoms with van der Waals surface area (Å²) >= 11 is 5.97. The fourth-order valence-corrected chi connectivity index (χ4v) is 2.55. The molecule has 0 aliphatic rings. The molecule has 144 valence electrons. The molecule has 2 aromatic rings. The molecule has 0 saturated heterocycles. The van der Waals surface area contributed by atoms with Gasteiger partial charge in [-0.25, -0.2) is 4.79 Å². The maximum absolute atomic E-state index is 12.6. The molecule has 27 heavy (non-hydrogen) atoms. The van der Waals surface area contributed by atoms with E-state index in [4.69, 9.17) is 11.6 Å². The highest BCUT2D eigenvalue weighted by Crippen LogP contribution is 2.30. The van der Waals surface area contributed by atoms with Crippen LogP contribution in [0.15, 0.2) is 48.5 Å². The Hall–Kier alpha value is -2.58. The van der Waals surface area contributed by atoms with E-state index in [-0.39, 0.29) is 12.0 Å². The van der Waals surface area contributed by atoms with Crippen molar-refractivity contribution in [1.29, 1.82) is 0 Å². The van der Waals surface area contributed by atoms with Crippen LogP contribution in [-0.4, -0.2) is 28.1 Å². The van der Waals surface area contributed by atoms with Crippen LogP contribution in [0, 0.1) is 0 Å². The van der Waals surface area contributed by atoms with Gasteiger partial charge in [-0.05, 0) is 29.3 Å². The standard InChI is InChI=1S/C18H15ClF3NO4/c19-13-4-2-1-3-11(13)9-14(17(26)27)23-16(25)15(24)10-5-7-12(8-6-10)18(20,21)22/h1-8,14-15,24H,9H2,(H,23,25)(H,26,27)/t14-,15-/m0/s1. The van der Waals surface area contributed by atoms with Crippen LogP contribution in [0.4, 0.5) is 13.2 Å². The Morgan fingerprint density at radius 1 is 1.07 bits per heavy atom. The fraction of sp³-hybridized carbons (Fsp3) is 0.222. The molecule has 5 nitrogen and oxygen atoms in total. The van der Waals surface area contributed by atoms with Crippen molar-refractivity contribution >= 4 is 23.5 Å². The number of amides is 1. The van der Waals surface area contributed by atoms with Crippen LogP contribution in [0.25, 0.3) is 0 Å². The van der Waals surface area contributed by atoms with Crippen molar-refractivity contribution in [2.45, 2.75) is 24.7 Å². The number of aliphatic hydroxyl groups excluding tert-OH is 1. The number of carboxylic acid groups (broad SMARTS) is 1. The Kier molecular flexibility index (Phi) is 6.45. The van der Waals surface area contributed by atoms with Crippen molar-refractivity contribution in [2.24, 2.45) is 0 Å². The molecule has 9 heteroatoms. The zero-order valence-corrected chi connectivity index (χ0v) is 14.5. The number of carbonyl (C=O) groups is 2. The van der Waals surface area contributed by atoms with E-state index in [1.807, 2.05) is 0 Å². The summed E-state index contributed by atoms with van der Waals surface area (Å²) in [6, 6.07) is 8.46. The molecule has 0 radical (unpaired) electrons. The van der Waals surface area contributed by atoms with Crippen molar-refractivity contribution < 1.29 is 33.0 Å². The van der Waals surface area contributed by atoms with Gasteiger partial charge in [0.25, 0.3) is 5.91 Å². The molecule has 2 rings (SSSR count). The summed E-state index contributed by atoms with van der Waals surface area (Å²) in [5.74, 6) is -2.39. The lowest BCUT2D eigenvalue weighted by Crippen LogP contribution is -2.44. The van der Waals surface area contributed by atoms with Crippen molar-refractivity contribution in [2.75, 3.05) is 0 Å². The fourth-order valence-electron chi connectivity index (χ4n) is 2.34. The molecule has 0 saturated carbocycles. The first kappa shape index (κ1) is 20.7. The molecule has 0 spiro atoms. The van der Waals surface area contributed by atoms with E-state index >= 15 is 0 Å². The Balaban J connectivity index is 2.10.